The van der Waals surface area contributed by atoms with Crippen LogP contribution < -0.4 is 5.32 Å². The highest BCUT2D eigenvalue weighted by Crippen LogP contribution is 2.39. The number of hydrogen-bond donors (Lipinski definition) is 1. The van der Waals surface area contributed by atoms with Crippen LogP contribution in [0.15, 0.2) is 24.3 Å². The van der Waals surface area contributed by atoms with Gasteiger partial charge >= 0.3 is 0 Å². The molecule has 128 valence electrons. The number of nitrogens with one attached hydrogen (secondary N) is 1. The van der Waals surface area contributed by atoms with E-state index >= 15 is 0 Å². The Kier molecular flexibility index (Phi) is 5.42. The van der Waals surface area contributed by atoms with Crippen LogP contribution in [-0.4, -0.2) is 30.4 Å². The number of fused-ring (bicyclic) bond motifs is 2. The van der Waals surface area contributed by atoms with Gasteiger partial charge in [0.15, 0.2) is 0 Å². The topological polar surface area (TPSA) is 32.3 Å². The molecule has 3 nitrogen and oxygen atoms in total. The Morgan fingerprint density at radius 2 is 1.87 bits per heavy atom. The second-order valence-corrected chi connectivity index (χ2v) is 8.16. The Labute approximate surface area is 146 Å². The molecule has 0 aromatic heterocycles. The van der Waals surface area contributed by atoms with Gasteiger partial charge < -0.3 is 10.2 Å². The van der Waals surface area contributed by atoms with Crippen molar-refractivity contribution in [2.24, 2.45) is 5.41 Å². The summed E-state index contributed by atoms with van der Waals surface area (Å²) in [4.78, 5) is 14.5. The Bertz CT molecular complexity index is 557. The number of benzene rings is 1. The van der Waals surface area contributed by atoms with Gasteiger partial charge in [0, 0.05) is 38.0 Å². The smallest absolute Gasteiger partial charge is 0.223 e. The van der Waals surface area contributed by atoms with Crippen molar-refractivity contribution in [3.8, 4) is 0 Å². The molecule has 0 unspecified atom stereocenters. The summed E-state index contributed by atoms with van der Waals surface area (Å²) in [6.07, 6.45) is 2.80. The van der Waals surface area contributed by atoms with Crippen LogP contribution in [0.2, 0.25) is 0 Å². The highest BCUT2D eigenvalue weighted by molar-refractivity contribution is 5.85. The molecule has 1 aromatic rings. The van der Waals surface area contributed by atoms with E-state index in [2.05, 4.69) is 55.3 Å². The van der Waals surface area contributed by atoms with Crippen LogP contribution in [0.5, 0.6) is 0 Å². The van der Waals surface area contributed by atoms with Crippen LogP contribution in [0.25, 0.3) is 0 Å². The number of amides is 1. The maximum Gasteiger partial charge on any atom is 0.223 e. The van der Waals surface area contributed by atoms with Crippen molar-refractivity contribution < 1.29 is 4.79 Å². The van der Waals surface area contributed by atoms with Crippen LogP contribution in [0.1, 0.15) is 51.2 Å². The molecule has 2 aliphatic rings. The molecule has 1 spiro atoms. The fraction of sp³-hybridized carbons (Fsp3) is 0.632. The minimum absolute atomic E-state index is 0. The maximum atomic E-state index is 12.4. The first-order chi connectivity index (χ1) is 10.4. The van der Waals surface area contributed by atoms with E-state index in [1.807, 2.05) is 0 Å². The van der Waals surface area contributed by atoms with Gasteiger partial charge in [0.25, 0.3) is 0 Å². The van der Waals surface area contributed by atoms with Crippen LogP contribution in [-0.2, 0) is 16.8 Å². The van der Waals surface area contributed by atoms with Gasteiger partial charge in [-0.25, -0.2) is 0 Å². The first-order valence-corrected chi connectivity index (χ1v) is 8.47. The average molecular weight is 337 g/mol. The van der Waals surface area contributed by atoms with E-state index in [9.17, 15) is 4.79 Å². The number of piperidine rings is 1. The van der Waals surface area contributed by atoms with Gasteiger partial charge in [-0.15, -0.1) is 12.4 Å². The van der Waals surface area contributed by atoms with Crippen LogP contribution in [0.4, 0.5) is 0 Å². The summed E-state index contributed by atoms with van der Waals surface area (Å²) < 4.78 is 0. The van der Waals surface area contributed by atoms with Gasteiger partial charge in [0.2, 0.25) is 5.91 Å². The normalized spacial score (nSPS) is 19.9. The number of carbonyl (C=O) groups excluding carboxylic acids is 1. The van der Waals surface area contributed by atoms with Gasteiger partial charge in [0.1, 0.15) is 0 Å². The van der Waals surface area contributed by atoms with Gasteiger partial charge in [-0.1, -0.05) is 45.0 Å². The monoisotopic (exact) mass is 336 g/mol. The van der Waals surface area contributed by atoms with Gasteiger partial charge in [-0.3, -0.25) is 4.79 Å². The predicted octanol–water partition coefficient (Wildman–Crippen LogP) is 3.51. The van der Waals surface area contributed by atoms with E-state index in [0.29, 0.717) is 12.3 Å². The number of carbonyl (C=O) groups is 1. The molecule has 1 fully saturated rings. The van der Waals surface area contributed by atoms with Crippen molar-refractivity contribution in [3.05, 3.63) is 35.4 Å². The summed E-state index contributed by atoms with van der Waals surface area (Å²) in [5.74, 6) is 0.319. The fourth-order valence-electron chi connectivity index (χ4n) is 3.92. The van der Waals surface area contributed by atoms with E-state index in [0.717, 1.165) is 39.0 Å². The third-order valence-electron chi connectivity index (χ3n) is 5.12. The van der Waals surface area contributed by atoms with E-state index in [1.54, 1.807) is 0 Å². The van der Waals surface area contributed by atoms with E-state index in [4.69, 9.17) is 0 Å². The molecule has 0 atom stereocenters. The minimum atomic E-state index is 0. The molecule has 0 bridgehead atoms. The Morgan fingerprint density at radius 3 is 2.52 bits per heavy atom. The molecule has 1 N–H and O–H groups in total. The Balaban J connectivity index is 0.00000192. The van der Waals surface area contributed by atoms with E-state index in [1.165, 1.54) is 11.1 Å². The Hall–Kier alpha value is -1.06. The molecule has 23 heavy (non-hydrogen) atoms. The Morgan fingerprint density at radius 1 is 1.22 bits per heavy atom. The second-order valence-electron chi connectivity index (χ2n) is 8.16. The summed E-state index contributed by atoms with van der Waals surface area (Å²) in [6, 6.07) is 8.81. The zero-order valence-electron chi connectivity index (χ0n) is 14.5. The summed E-state index contributed by atoms with van der Waals surface area (Å²) in [5, 5.41) is 3.58. The molecule has 2 aliphatic heterocycles. The molecule has 3 rings (SSSR count). The van der Waals surface area contributed by atoms with Crippen molar-refractivity contribution in [2.75, 3.05) is 19.6 Å². The van der Waals surface area contributed by atoms with Crippen LogP contribution in [0.3, 0.4) is 0 Å². The van der Waals surface area contributed by atoms with Gasteiger partial charge in [-0.05, 0) is 29.4 Å². The lowest BCUT2D eigenvalue weighted by atomic mass is 9.69. The van der Waals surface area contributed by atoms with Crippen molar-refractivity contribution in [1.29, 1.82) is 0 Å². The summed E-state index contributed by atoms with van der Waals surface area (Å²) >= 11 is 0. The predicted molar refractivity (Wildman–Crippen MR) is 97.0 cm³/mol. The van der Waals surface area contributed by atoms with Crippen molar-refractivity contribution >= 4 is 18.3 Å². The van der Waals surface area contributed by atoms with Crippen molar-refractivity contribution in [3.63, 3.8) is 0 Å². The molecule has 0 saturated carbocycles. The molecule has 2 heterocycles. The summed E-state index contributed by atoms with van der Waals surface area (Å²) in [6.45, 7) is 10.2. The van der Waals surface area contributed by atoms with Gasteiger partial charge in [0.05, 0.1) is 0 Å². The molecule has 1 saturated heterocycles. The number of likely N-dealkylation sites (tertiary alicyclic amines) is 1. The number of rotatable bonds is 1. The molecule has 0 radical (unpaired) electrons. The molecular formula is C19H29ClN2O. The van der Waals surface area contributed by atoms with E-state index < -0.39 is 0 Å². The molecule has 0 aliphatic carbocycles. The zero-order chi connectivity index (χ0) is 15.8. The van der Waals surface area contributed by atoms with Crippen molar-refractivity contribution in [2.45, 2.75) is 52.0 Å². The number of hydrogen-bond acceptors (Lipinski definition) is 2. The summed E-state index contributed by atoms with van der Waals surface area (Å²) in [5.41, 5.74) is 3.25. The first-order valence-electron chi connectivity index (χ1n) is 8.47. The minimum Gasteiger partial charge on any atom is -0.343 e. The standard InChI is InChI=1S/C19H28N2O.ClH/c1-18(2,3)12-17(22)21-10-8-19(9-11-21)14-20-13-15-6-4-5-7-16(15)19;/h4-7,20H,8-14H2,1-3H3;1H. The average Bonchev–Trinajstić information content (AvgIpc) is 2.47. The molecule has 1 aromatic carbocycles. The third-order valence-corrected chi connectivity index (χ3v) is 5.12. The quantitative estimate of drug-likeness (QED) is 0.851. The largest absolute Gasteiger partial charge is 0.343 e. The lowest BCUT2D eigenvalue weighted by molar-refractivity contribution is -0.134. The first kappa shape index (κ1) is 18.3. The molecule has 1 amide bonds. The lowest BCUT2D eigenvalue weighted by Crippen LogP contribution is -2.52. The van der Waals surface area contributed by atoms with Crippen LogP contribution >= 0.6 is 12.4 Å². The van der Waals surface area contributed by atoms with Gasteiger partial charge in [-0.2, -0.15) is 0 Å². The second kappa shape index (κ2) is 6.82. The lowest BCUT2D eigenvalue weighted by Gasteiger charge is -2.46. The highest BCUT2D eigenvalue weighted by atomic mass is 35.5. The maximum absolute atomic E-state index is 12.4. The highest BCUT2D eigenvalue weighted by Gasteiger charge is 2.40. The SMILES string of the molecule is CC(C)(C)CC(=O)N1CCC2(CC1)CNCc1ccccc12.Cl. The third kappa shape index (κ3) is 3.89. The zero-order valence-corrected chi connectivity index (χ0v) is 15.3. The number of nitrogens with zero attached hydrogens (tertiary/aromatic N) is 1. The summed E-state index contributed by atoms with van der Waals surface area (Å²) in [7, 11) is 0. The van der Waals surface area contributed by atoms with Crippen LogP contribution in [0, 0.1) is 5.41 Å². The molecule has 4 heteroatoms. The fourth-order valence-corrected chi connectivity index (χ4v) is 3.92. The van der Waals surface area contributed by atoms with E-state index in [-0.39, 0.29) is 23.2 Å². The number of halogens is 1. The molecular weight excluding hydrogens is 308 g/mol. The van der Waals surface area contributed by atoms with Crippen molar-refractivity contribution in [1.82, 2.24) is 10.2 Å².